The van der Waals surface area contributed by atoms with Gasteiger partial charge in [0.15, 0.2) is 0 Å². The first-order valence-electron chi connectivity index (χ1n) is 8.31. The second kappa shape index (κ2) is 9.50. The number of nitrogens with one attached hydrogen (secondary N) is 3. The number of carboxylic acids is 1. The molecular weight excluding hydrogens is 296 g/mol. The summed E-state index contributed by atoms with van der Waals surface area (Å²) in [7, 11) is 1.75. The highest BCUT2D eigenvalue weighted by Gasteiger charge is 2.45. The maximum Gasteiger partial charge on any atom is 0.309 e. The van der Waals surface area contributed by atoms with E-state index in [4.69, 9.17) is 0 Å². The van der Waals surface area contributed by atoms with Crippen LogP contribution in [0.25, 0.3) is 0 Å². The monoisotopic (exact) mass is 326 g/mol. The second-order valence-electron chi connectivity index (χ2n) is 6.57. The Balaban J connectivity index is 2.46. The first-order chi connectivity index (χ1) is 10.9. The summed E-state index contributed by atoms with van der Waals surface area (Å²) in [4.78, 5) is 27.0. The number of carbonyl (C=O) groups excluding carboxylic acids is 1. The van der Waals surface area contributed by atoms with Crippen LogP contribution in [0.2, 0.25) is 0 Å². The number of carbonyl (C=O) groups is 2. The average Bonchev–Trinajstić information content (AvgIpc) is 2.90. The molecule has 4 N–H and O–H groups in total. The summed E-state index contributed by atoms with van der Waals surface area (Å²) >= 11 is 0. The molecule has 0 bridgehead atoms. The molecule has 0 aromatic rings. The molecule has 0 aromatic heterocycles. The van der Waals surface area contributed by atoms with Crippen molar-refractivity contribution in [3.63, 3.8) is 0 Å². The van der Waals surface area contributed by atoms with Crippen molar-refractivity contribution in [3.8, 4) is 0 Å². The number of aliphatic imine (C=N–C) groups is 1. The third-order valence-electron chi connectivity index (χ3n) is 4.66. The van der Waals surface area contributed by atoms with E-state index in [2.05, 4.69) is 28.1 Å². The number of amides is 1. The van der Waals surface area contributed by atoms with Crippen molar-refractivity contribution in [2.75, 3.05) is 13.6 Å². The molecule has 23 heavy (non-hydrogen) atoms. The fraction of sp³-hybridized carbons (Fsp3) is 0.812. The molecule has 1 aliphatic carbocycles. The van der Waals surface area contributed by atoms with Crippen molar-refractivity contribution in [2.24, 2.45) is 16.3 Å². The third kappa shape index (κ3) is 6.56. The molecule has 0 radical (unpaired) electrons. The summed E-state index contributed by atoms with van der Waals surface area (Å²) in [5.74, 6) is -0.330. The molecule has 0 heterocycles. The van der Waals surface area contributed by atoms with Gasteiger partial charge in [0.2, 0.25) is 5.91 Å². The van der Waals surface area contributed by atoms with Crippen molar-refractivity contribution in [1.29, 1.82) is 0 Å². The normalized spacial score (nSPS) is 25.4. The van der Waals surface area contributed by atoms with Gasteiger partial charge in [-0.2, -0.15) is 0 Å². The lowest BCUT2D eigenvalue weighted by Crippen LogP contribution is -2.30. The average molecular weight is 326 g/mol. The van der Waals surface area contributed by atoms with Crippen molar-refractivity contribution >= 4 is 18.2 Å². The third-order valence-corrected chi connectivity index (χ3v) is 4.66. The Morgan fingerprint density at radius 3 is 2.78 bits per heavy atom. The zero-order valence-corrected chi connectivity index (χ0v) is 14.4. The summed E-state index contributed by atoms with van der Waals surface area (Å²) in [6, 6.07) is 0.0710. The number of carboxylic acid groups (broad SMARTS) is 1. The molecule has 132 valence electrons. The molecule has 0 aliphatic heterocycles. The standard InChI is InChI=1S/C16H30N4O3/c1-12(6-9-18-13(2)21)4-7-16(15(22)23)8-5-14(10-16)19-11-20-17-3/h11-12,14,17H,4-10H2,1-3H3,(H,18,21)(H,19,20)(H,22,23)/t12-,14?,16?/m0/s1. The van der Waals surface area contributed by atoms with Gasteiger partial charge in [0.05, 0.1) is 17.8 Å². The fourth-order valence-electron chi connectivity index (χ4n) is 3.12. The highest BCUT2D eigenvalue weighted by Crippen LogP contribution is 2.44. The molecule has 7 heteroatoms. The van der Waals surface area contributed by atoms with Crippen LogP contribution >= 0.6 is 0 Å². The van der Waals surface area contributed by atoms with E-state index < -0.39 is 11.4 Å². The van der Waals surface area contributed by atoms with Gasteiger partial charge in [-0.1, -0.05) is 6.92 Å². The van der Waals surface area contributed by atoms with Gasteiger partial charge in [-0.05, 0) is 44.4 Å². The predicted octanol–water partition coefficient (Wildman–Crippen LogP) is 1.30. The van der Waals surface area contributed by atoms with Crippen LogP contribution in [0, 0.1) is 11.3 Å². The van der Waals surface area contributed by atoms with Crippen molar-refractivity contribution < 1.29 is 14.7 Å². The quantitative estimate of drug-likeness (QED) is 0.275. The van der Waals surface area contributed by atoms with E-state index in [1.807, 2.05) is 0 Å². The summed E-state index contributed by atoms with van der Waals surface area (Å²) in [6.45, 7) is 4.27. The first-order valence-corrected chi connectivity index (χ1v) is 8.31. The maximum absolute atomic E-state index is 11.8. The first kappa shape index (κ1) is 19.4. The molecule has 2 unspecified atom stereocenters. The molecular formula is C16H30N4O3. The number of hydrogen-bond donors (Lipinski definition) is 4. The van der Waals surface area contributed by atoms with Crippen LogP contribution in [-0.4, -0.2) is 43.0 Å². The SMILES string of the molecule is CNNC=NC1CCC(CC[C@H](C)CCNC(C)=O)(C(=O)O)C1. The van der Waals surface area contributed by atoms with Crippen LogP contribution in [0.3, 0.4) is 0 Å². The van der Waals surface area contributed by atoms with Gasteiger partial charge in [-0.15, -0.1) is 0 Å². The molecule has 1 amide bonds. The fourth-order valence-corrected chi connectivity index (χ4v) is 3.12. The van der Waals surface area contributed by atoms with E-state index in [9.17, 15) is 14.7 Å². The van der Waals surface area contributed by atoms with Crippen LogP contribution in [0.1, 0.15) is 52.4 Å². The minimum atomic E-state index is -0.703. The lowest BCUT2D eigenvalue weighted by molar-refractivity contribution is -0.149. The Kier molecular flexibility index (Phi) is 8.02. The van der Waals surface area contributed by atoms with E-state index in [1.165, 1.54) is 6.92 Å². The minimum absolute atomic E-state index is 0.0223. The van der Waals surface area contributed by atoms with Gasteiger partial charge in [0, 0.05) is 20.5 Å². The molecule has 7 nitrogen and oxygen atoms in total. The second-order valence-corrected chi connectivity index (χ2v) is 6.57. The highest BCUT2D eigenvalue weighted by atomic mass is 16.4. The molecule has 0 aromatic carbocycles. The smallest absolute Gasteiger partial charge is 0.309 e. The van der Waals surface area contributed by atoms with Crippen molar-refractivity contribution in [1.82, 2.24) is 16.2 Å². The van der Waals surface area contributed by atoms with Crippen LogP contribution in [0.5, 0.6) is 0 Å². The molecule has 1 rings (SSSR count). The van der Waals surface area contributed by atoms with E-state index in [1.54, 1.807) is 13.4 Å². The zero-order chi connectivity index (χ0) is 17.3. The minimum Gasteiger partial charge on any atom is -0.481 e. The Morgan fingerprint density at radius 1 is 1.43 bits per heavy atom. The molecule has 0 spiro atoms. The lowest BCUT2D eigenvalue weighted by Gasteiger charge is -2.25. The van der Waals surface area contributed by atoms with Gasteiger partial charge in [-0.3, -0.25) is 14.6 Å². The van der Waals surface area contributed by atoms with Crippen LogP contribution < -0.4 is 16.2 Å². The van der Waals surface area contributed by atoms with E-state index in [0.29, 0.717) is 31.7 Å². The number of hydrogen-bond acceptors (Lipinski definition) is 4. The largest absolute Gasteiger partial charge is 0.481 e. The van der Waals surface area contributed by atoms with E-state index >= 15 is 0 Å². The van der Waals surface area contributed by atoms with E-state index in [-0.39, 0.29) is 11.9 Å². The van der Waals surface area contributed by atoms with Crippen molar-refractivity contribution in [3.05, 3.63) is 0 Å². The molecule has 1 aliphatic rings. The van der Waals surface area contributed by atoms with Crippen LogP contribution in [0.4, 0.5) is 0 Å². The summed E-state index contributed by atoms with van der Waals surface area (Å²) in [5.41, 5.74) is 4.90. The Hall–Kier alpha value is -1.63. The Bertz CT molecular complexity index is 428. The summed E-state index contributed by atoms with van der Waals surface area (Å²) in [6.07, 6.45) is 6.10. The van der Waals surface area contributed by atoms with Gasteiger partial charge >= 0.3 is 5.97 Å². The Labute approximate surface area is 138 Å². The van der Waals surface area contributed by atoms with Gasteiger partial charge in [0.25, 0.3) is 0 Å². The lowest BCUT2D eigenvalue weighted by atomic mass is 9.79. The van der Waals surface area contributed by atoms with Gasteiger partial charge in [0.1, 0.15) is 0 Å². The number of hydrazine groups is 1. The van der Waals surface area contributed by atoms with Crippen LogP contribution in [-0.2, 0) is 9.59 Å². The van der Waals surface area contributed by atoms with E-state index in [0.717, 1.165) is 19.3 Å². The molecule has 1 saturated carbocycles. The van der Waals surface area contributed by atoms with Gasteiger partial charge < -0.3 is 15.8 Å². The summed E-state index contributed by atoms with van der Waals surface area (Å²) < 4.78 is 0. The number of nitrogens with zero attached hydrogens (tertiary/aromatic N) is 1. The number of aliphatic carboxylic acids is 1. The number of rotatable bonds is 10. The highest BCUT2D eigenvalue weighted by molar-refractivity contribution is 5.75. The van der Waals surface area contributed by atoms with Crippen molar-refractivity contribution in [2.45, 2.75) is 58.4 Å². The molecule has 1 fully saturated rings. The van der Waals surface area contributed by atoms with Crippen LogP contribution in [0.15, 0.2) is 4.99 Å². The Morgan fingerprint density at radius 2 is 2.17 bits per heavy atom. The maximum atomic E-state index is 11.8. The van der Waals surface area contributed by atoms with Gasteiger partial charge in [-0.25, -0.2) is 5.43 Å². The predicted molar refractivity (Wildman–Crippen MR) is 90.1 cm³/mol. The summed E-state index contributed by atoms with van der Waals surface area (Å²) in [5, 5.41) is 12.5. The molecule has 3 atom stereocenters. The topological polar surface area (TPSA) is 103 Å². The zero-order valence-electron chi connectivity index (χ0n) is 14.4. The molecule has 0 saturated heterocycles.